The Hall–Kier alpha value is -0.0800. The van der Waals surface area contributed by atoms with Crippen LogP contribution in [0.2, 0.25) is 0 Å². The summed E-state index contributed by atoms with van der Waals surface area (Å²) in [5.74, 6) is 0.942. The van der Waals surface area contributed by atoms with E-state index in [0.717, 1.165) is 12.0 Å². The quantitative estimate of drug-likeness (QED) is 0.757. The standard InChI is InChI=1S/C15H30N2/c1-17(15-8-4-2-3-5-9-15)12-10-14-7-6-11-16-13-14/h14-16H,2-13H2,1H3. The molecule has 1 heterocycles. The minimum atomic E-state index is 0.883. The summed E-state index contributed by atoms with van der Waals surface area (Å²) in [6.07, 6.45) is 13.0. The third-order valence-electron chi connectivity index (χ3n) is 4.74. The van der Waals surface area contributed by atoms with E-state index in [4.69, 9.17) is 0 Å². The normalized spacial score (nSPS) is 28.2. The van der Waals surface area contributed by atoms with E-state index >= 15 is 0 Å². The summed E-state index contributed by atoms with van der Waals surface area (Å²) in [7, 11) is 2.35. The van der Waals surface area contributed by atoms with Gasteiger partial charge >= 0.3 is 0 Å². The van der Waals surface area contributed by atoms with E-state index in [1.165, 1.54) is 77.4 Å². The highest BCUT2D eigenvalue weighted by Crippen LogP contribution is 2.22. The van der Waals surface area contributed by atoms with Crippen LogP contribution in [0.1, 0.15) is 57.8 Å². The molecule has 100 valence electrons. The number of piperidine rings is 1. The molecule has 2 fully saturated rings. The van der Waals surface area contributed by atoms with Crippen LogP contribution in [-0.2, 0) is 0 Å². The van der Waals surface area contributed by atoms with E-state index in [1.807, 2.05) is 0 Å². The third-order valence-corrected chi connectivity index (χ3v) is 4.74. The number of nitrogens with zero attached hydrogens (tertiary/aromatic N) is 1. The topological polar surface area (TPSA) is 15.3 Å². The summed E-state index contributed by atoms with van der Waals surface area (Å²) in [6.45, 7) is 3.82. The van der Waals surface area contributed by atoms with Crippen molar-refractivity contribution in [3.63, 3.8) is 0 Å². The maximum absolute atomic E-state index is 3.53. The fourth-order valence-electron chi connectivity index (χ4n) is 3.44. The average molecular weight is 238 g/mol. The van der Waals surface area contributed by atoms with Gasteiger partial charge in [0.25, 0.3) is 0 Å². The Morgan fingerprint density at radius 2 is 1.76 bits per heavy atom. The van der Waals surface area contributed by atoms with Gasteiger partial charge in [0.1, 0.15) is 0 Å². The Labute approximate surface area is 107 Å². The number of nitrogens with one attached hydrogen (secondary N) is 1. The highest BCUT2D eigenvalue weighted by molar-refractivity contribution is 4.75. The van der Waals surface area contributed by atoms with Crippen molar-refractivity contribution in [2.75, 3.05) is 26.7 Å². The van der Waals surface area contributed by atoms with Crippen LogP contribution >= 0.6 is 0 Å². The molecular formula is C15H30N2. The van der Waals surface area contributed by atoms with Crippen molar-refractivity contribution in [1.29, 1.82) is 0 Å². The van der Waals surface area contributed by atoms with Gasteiger partial charge in [-0.1, -0.05) is 25.7 Å². The molecule has 0 spiro atoms. The lowest BCUT2D eigenvalue weighted by Gasteiger charge is -2.30. The van der Waals surface area contributed by atoms with Crippen LogP contribution in [0.3, 0.4) is 0 Å². The second-order valence-corrected chi connectivity index (χ2v) is 6.13. The van der Waals surface area contributed by atoms with Crippen LogP contribution in [-0.4, -0.2) is 37.6 Å². The molecule has 1 saturated carbocycles. The summed E-state index contributed by atoms with van der Waals surface area (Å²) < 4.78 is 0. The Bertz CT molecular complexity index is 191. The Morgan fingerprint density at radius 3 is 2.41 bits per heavy atom. The van der Waals surface area contributed by atoms with E-state index in [2.05, 4.69) is 17.3 Å². The molecule has 0 aromatic rings. The van der Waals surface area contributed by atoms with E-state index in [0.29, 0.717) is 0 Å². The van der Waals surface area contributed by atoms with E-state index in [9.17, 15) is 0 Å². The average Bonchev–Trinajstić information content (AvgIpc) is 2.66. The zero-order chi connectivity index (χ0) is 11.9. The van der Waals surface area contributed by atoms with Gasteiger partial charge in [-0.3, -0.25) is 0 Å². The molecule has 0 aromatic carbocycles. The molecule has 1 unspecified atom stereocenters. The summed E-state index contributed by atoms with van der Waals surface area (Å²) in [4.78, 5) is 2.65. The minimum Gasteiger partial charge on any atom is -0.316 e. The van der Waals surface area contributed by atoms with Gasteiger partial charge in [0.15, 0.2) is 0 Å². The molecule has 1 saturated heterocycles. The molecule has 2 aliphatic rings. The molecular weight excluding hydrogens is 208 g/mol. The van der Waals surface area contributed by atoms with Gasteiger partial charge in [0.05, 0.1) is 0 Å². The molecule has 1 aliphatic heterocycles. The van der Waals surface area contributed by atoms with Gasteiger partial charge in [-0.25, -0.2) is 0 Å². The van der Waals surface area contributed by atoms with E-state index < -0.39 is 0 Å². The maximum Gasteiger partial charge on any atom is 0.00922 e. The highest BCUT2D eigenvalue weighted by atomic mass is 15.1. The van der Waals surface area contributed by atoms with E-state index in [-0.39, 0.29) is 0 Å². The van der Waals surface area contributed by atoms with Crippen molar-refractivity contribution in [3.05, 3.63) is 0 Å². The van der Waals surface area contributed by atoms with Crippen LogP contribution in [0.15, 0.2) is 0 Å². The Balaban J connectivity index is 1.66. The van der Waals surface area contributed by atoms with Crippen LogP contribution < -0.4 is 5.32 Å². The molecule has 2 rings (SSSR count). The number of hydrogen-bond donors (Lipinski definition) is 1. The van der Waals surface area contributed by atoms with Crippen molar-refractivity contribution in [2.45, 2.75) is 63.8 Å². The fourth-order valence-corrected chi connectivity index (χ4v) is 3.44. The monoisotopic (exact) mass is 238 g/mol. The third kappa shape index (κ3) is 4.59. The van der Waals surface area contributed by atoms with Crippen molar-refractivity contribution in [1.82, 2.24) is 10.2 Å². The lowest BCUT2D eigenvalue weighted by Crippen LogP contribution is -2.36. The second-order valence-electron chi connectivity index (χ2n) is 6.13. The van der Waals surface area contributed by atoms with Gasteiger partial charge in [-0.15, -0.1) is 0 Å². The lowest BCUT2D eigenvalue weighted by molar-refractivity contribution is 0.198. The first-order valence-electron chi connectivity index (χ1n) is 7.77. The van der Waals surface area contributed by atoms with Gasteiger partial charge in [-0.2, -0.15) is 0 Å². The summed E-state index contributed by atoms with van der Waals surface area (Å²) in [5, 5.41) is 3.53. The summed E-state index contributed by atoms with van der Waals surface area (Å²) in [5.41, 5.74) is 0. The predicted octanol–water partition coefficient (Wildman–Crippen LogP) is 3.03. The van der Waals surface area contributed by atoms with Crippen molar-refractivity contribution < 1.29 is 0 Å². The molecule has 1 N–H and O–H groups in total. The van der Waals surface area contributed by atoms with Crippen molar-refractivity contribution in [2.24, 2.45) is 5.92 Å². The SMILES string of the molecule is CN(CCC1CCCNC1)C1CCCCCC1. The Morgan fingerprint density at radius 1 is 1.00 bits per heavy atom. The van der Waals surface area contributed by atoms with Crippen molar-refractivity contribution >= 4 is 0 Å². The highest BCUT2D eigenvalue weighted by Gasteiger charge is 2.19. The molecule has 2 nitrogen and oxygen atoms in total. The zero-order valence-corrected chi connectivity index (χ0v) is 11.6. The Kier molecular flexibility index (Phi) is 5.79. The lowest BCUT2D eigenvalue weighted by atomic mass is 9.95. The first-order chi connectivity index (χ1) is 8.36. The maximum atomic E-state index is 3.53. The molecule has 17 heavy (non-hydrogen) atoms. The zero-order valence-electron chi connectivity index (χ0n) is 11.6. The van der Waals surface area contributed by atoms with Crippen LogP contribution in [0.4, 0.5) is 0 Å². The predicted molar refractivity (Wildman–Crippen MR) is 74.3 cm³/mol. The van der Waals surface area contributed by atoms with Crippen LogP contribution in [0.5, 0.6) is 0 Å². The summed E-state index contributed by atoms with van der Waals surface area (Å²) in [6, 6.07) is 0.883. The van der Waals surface area contributed by atoms with E-state index in [1.54, 1.807) is 0 Å². The minimum absolute atomic E-state index is 0.883. The van der Waals surface area contributed by atoms with Gasteiger partial charge in [0.2, 0.25) is 0 Å². The van der Waals surface area contributed by atoms with Crippen LogP contribution in [0.25, 0.3) is 0 Å². The molecule has 1 aliphatic carbocycles. The first kappa shape index (κ1) is 13.4. The largest absolute Gasteiger partial charge is 0.316 e. The molecule has 0 radical (unpaired) electrons. The smallest absolute Gasteiger partial charge is 0.00922 e. The molecule has 0 aromatic heterocycles. The van der Waals surface area contributed by atoms with Gasteiger partial charge in [0, 0.05) is 6.04 Å². The number of rotatable bonds is 4. The summed E-state index contributed by atoms with van der Waals surface area (Å²) >= 11 is 0. The second kappa shape index (κ2) is 7.38. The molecule has 1 atom stereocenters. The van der Waals surface area contributed by atoms with Crippen molar-refractivity contribution in [3.8, 4) is 0 Å². The van der Waals surface area contributed by atoms with Crippen LogP contribution in [0, 0.1) is 5.92 Å². The van der Waals surface area contributed by atoms with Gasteiger partial charge in [-0.05, 0) is 64.7 Å². The fraction of sp³-hybridized carbons (Fsp3) is 1.00. The number of hydrogen-bond acceptors (Lipinski definition) is 2. The molecule has 0 amide bonds. The molecule has 0 bridgehead atoms. The molecule has 2 heteroatoms. The van der Waals surface area contributed by atoms with Gasteiger partial charge < -0.3 is 10.2 Å². The first-order valence-corrected chi connectivity index (χ1v) is 7.77.